The molecule has 0 saturated carbocycles. The Hall–Kier alpha value is -3.60. The zero-order valence-corrected chi connectivity index (χ0v) is 17.0. The highest BCUT2D eigenvalue weighted by Gasteiger charge is 2.17. The molecule has 3 rings (SSSR count). The lowest BCUT2D eigenvalue weighted by Crippen LogP contribution is -2.22. The van der Waals surface area contributed by atoms with E-state index in [4.69, 9.17) is 0 Å². The number of sulfonamides is 1. The summed E-state index contributed by atoms with van der Waals surface area (Å²) in [6, 6.07) is 13.4. The summed E-state index contributed by atoms with van der Waals surface area (Å²) in [5, 5.41) is 2.64. The average molecular weight is 468 g/mol. The molecule has 0 aromatic heterocycles. The fraction of sp³-hybridized carbons (Fsp3) is 0.0952. The Bertz CT molecular complexity index is 1200. The molecular weight excluding hydrogens is 452 g/mol. The van der Waals surface area contributed by atoms with Crippen LogP contribution in [0.15, 0.2) is 71.6 Å². The Labute approximate surface area is 180 Å². The van der Waals surface area contributed by atoms with Crippen molar-refractivity contribution in [2.75, 3.05) is 4.72 Å². The van der Waals surface area contributed by atoms with Crippen LogP contribution in [0.25, 0.3) is 0 Å². The lowest BCUT2D eigenvalue weighted by atomic mass is 10.2. The minimum Gasteiger partial charge on any atom is -0.435 e. The second-order valence-electron chi connectivity index (χ2n) is 6.46. The second-order valence-corrected chi connectivity index (χ2v) is 8.15. The molecule has 0 aliphatic rings. The van der Waals surface area contributed by atoms with Crippen molar-refractivity contribution in [1.29, 1.82) is 0 Å². The average Bonchev–Trinajstić information content (AvgIpc) is 2.74. The first-order valence-electron chi connectivity index (χ1n) is 9.04. The van der Waals surface area contributed by atoms with Crippen LogP contribution in [0.1, 0.15) is 15.9 Å². The number of ether oxygens (including phenoxy) is 1. The molecule has 0 unspecified atom stereocenters. The topological polar surface area (TPSA) is 84.5 Å². The van der Waals surface area contributed by atoms with Gasteiger partial charge in [0.25, 0.3) is 15.9 Å². The summed E-state index contributed by atoms with van der Waals surface area (Å²) >= 11 is 0. The normalized spacial score (nSPS) is 11.3. The van der Waals surface area contributed by atoms with Crippen molar-refractivity contribution in [3.05, 3.63) is 89.5 Å². The van der Waals surface area contributed by atoms with Gasteiger partial charge in [0.05, 0.1) is 4.90 Å². The molecule has 11 heteroatoms. The van der Waals surface area contributed by atoms with Crippen LogP contribution in [-0.2, 0) is 16.6 Å². The molecule has 3 aromatic carbocycles. The van der Waals surface area contributed by atoms with Gasteiger partial charge in [-0.25, -0.2) is 17.2 Å². The van der Waals surface area contributed by atoms with Crippen LogP contribution in [0.3, 0.4) is 0 Å². The number of carbonyl (C=O) groups is 1. The third kappa shape index (κ3) is 5.97. The van der Waals surface area contributed by atoms with Crippen molar-refractivity contribution in [3.8, 4) is 5.75 Å². The van der Waals surface area contributed by atoms with Gasteiger partial charge >= 0.3 is 6.61 Å². The summed E-state index contributed by atoms with van der Waals surface area (Å²) in [6.45, 7) is -2.80. The van der Waals surface area contributed by atoms with Crippen molar-refractivity contribution in [2.24, 2.45) is 0 Å². The lowest BCUT2D eigenvalue weighted by molar-refractivity contribution is -0.0498. The third-order valence-electron chi connectivity index (χ3n) is 4.20. The molecule has 3 aromatic rings. The largest absolute Gasteiger partial charge is 0.435 e. The molecule has 0 saturated heterocycles. The molecule has 0 bridgehead atoms. The number of alkyl halides is 2. The zero-order valence-electron chi connectivity index (χ0n) is 16.2. The lowest BCUT2D eigenvalue weighted by Gasteiger charge is -2.10. The molecule has 0 radical (unpaired) electrons. The highest BCUT2D eigenvalue weighted by molar-refractivity contribution is 7.92. The highest BCUT2D eigenvalue weighted by atomic mass is 32.2. The van der Waals surface area contributed by atoms with E-state index < -0.39 is 39.1 Å². The van der Waals surface area contributed by atoms with Crippen LogP contribution in [0, 0.1) is 11.6 Å². The van der Waals surface area contributed by atoms with Gasteiger partial charge in [-0.2, -0.15) is 8.78 Å². The van der Waals surface area contributed by atoms with Gasteiger partial charge in [0.1, 0.15) is 5.75 Å². The number of anilines is 1. The fourth-order valence-electron chi connectivity index (χ4n) is 2.62. The number of hydrogen-bond acceptors (Lipinski definition) is 4. The Morgan fingerprint density at radius 1 is 0.906 bits per heavy atom. The minimum atomic E-state index is -4.16. The van der Waals surface area contributed by atoms with Crippen LogP contribution in [-0.4, -0.2) is 20.9 Å². The number of hydrogen-bond donors (Lipinski definition) is 2. The molecular formula is C21H16F4N2O4S. The van der Waals surface area contributed by atoms with E-state index >= 15 is 0 Å². The number of halogens is 4. The first-order valence-corrected chi connectivity index (χ1v) is 10.5. The Morgan fingerprint density at radius 2 is 1.56 bits per heavy atom. The Balaban J connectivity index is 1.59. The Morgan fingerprint density at radius 3 is 2.16 bits per heavy atom. The number of rotatable bonds is 8. The monoisotopic (exact) mass is 468 g/mol. The van der Waals surface area contributed by atoms with Gasteiger partial charge in [0.15, 0.2) is 11.6 Å². The van der Waals surface area contributed by atoms with E-state index in [1.165, 1.54) is 48.5 Å². The summed E-state index contributed by atoms with van der Waals surface area (Å²) in [6.07, 6.45) is 0. The summed E-state index contributed by atoms with van der Waals surface area (Å²) in [7, 11) is -4.16. The van der Waals surface area contributed by atoms with Crippen molar-refractivity contribution >= 4 is 21.6 Å². The van der Waals surface area contributed by atoms with Crippen LogP contribution in [0.4, 0.5) is 23.2 Å². The van der Waals surface area contributed by atoms with E-state index in [-0.39, 0.29) is 23.5 Å². The molecule has 0 aliphatic carbocycles. The van der Waals surface area contributed by atoms with Gasteiger partial charge in [0, 0.05) is 17.8 Å². The molecule has 0 fully saturated rings. The van der Waals surface area contributed by atoms with Crippen molar-refractivity contribution in [2.45, 2.75) is 18.1 Å². The number of carbonyl (C=O) groups excluding carboxylic acids is 1. The van der Waals surface area contributed by atoms with E-state index in [0.29, 0.717) is 17.7 Å². The van der Waals surface area contributed by atoms with E-state index in [2.05, 4.69) is 14.8 Å². The molecule has 168 valence electrons. The molecule has 0 heterocycles. The maximum atomic E-state index is 13.3. The standard InChI is InChI=1S/C21H16F4N2O4S/c22-18-10-9-17(11-19(18)23)32(29,30)27-15-5-3-14(4-6-15)20(28)26-12-13-1-7-16(8-2-13)31-21(24)25/h1-11,21,27H,12H2,(H,26,28). The second kappa shape index (κ2) is 9.69. The van der Waals surface area contributed by atoms with E-state index in [0.717, 1.165) is 6.07 Å². The molecule has 6 nitrogen and oxygen atoms in total. The summed E-state index contributed by atoms with van der Waals surface area (Å²) in [4.78, 5) is 11.8. The predicted octanol–water partition coefficient (Wildman–Crippen LogP) is 4.30. The van der Waals surface area contributed by atoms with E-state index in [1.54, 1.807) is 0 Å². The molecule has 32 heavy (non-hydrogen) atoms. The minimum absolute atomic E-state index is 0.00325. The summed E-state index contributed by atoms with van der Waals surface area (Å²) in [5.41, 5.74) is 0.996. The van der Waals surface area contributed by atoms with Gasteiger partial charge < -0.3 is 10.1 Å². The first-order chi connectivity index (χ1) is 15.1. The van der Waals surface area contributed by atoms with Crippen LogP contribution >= 0.6 is 0 Å². The fourth-order valence-corrected chi connectivity index (χ4v) is 3.69. The maximum absolute atomic E-state index is 13.3. The van der Waals surface area contributed by atoms with Crippen molar-refractivity contribution < 1.29 is 35.5 Å². The molecule has 1 amide bonds. The van der Waals surface area contributed by atoms with Crippen molar-refractivity contribution in [1.82, 2.24) is 5.32 Å². The van der Waals surface area contributed by atoms with Crippen LogP contribution < -0.4 is 14.8 Å². The van der Waals surface area contributed by atoms with Gasteiger partial charge in [-0.3, -0.25) is 9.52 Å². The number of benzene rings is 3. The number of amides is 1. The van der Waals surface area contributed by atoms with Crippen LogP contribution in [0.5, 0.6) is 5.75 Å². The molecule has 0 atom stereocenters. The maximum Gasteiger partial charge on any atom is 0.387 e. The van der Waals surface area contributed by atoms with Crippen LogP contribution in [0.2, 0.25) is 0 Å². The highest BCUT2D eigenvalue weighted by Crippen LogP contribution is 2.19. The van der Waals surface area contributed by atoms with Gasteiger partial charge in [0.2, 0.25) is 0 Å². The van der Waals surface area contributed by atoms with E-state index in [1.807, 2.05) is 0 Å². The van der Waals surface area contributed by atoms with Crippen molar-refractivity contribution in [3.63, 3.8) is 0 Å². The molecule has 0 aliphatic heterocycles. The SMILES string of the molecule is O=C(NCc1ccc(OC(F)F)cc1)c1ccc(NS(=O)(=O)c2ccc(F)c(F)c2)cc1. The molecule has 2 N–H and O–H groups in total. The zero-order chi connectivity index (χ0) is 23.3. The summed E-state index contributed by atoms with van der Waals surface area (Å²) in [5.74, 6) is -2.92. The molecule has 0 spiro atoms. The smallest absolute Gasteiger partial charge is 0.387 e. The van der Waals surface area contributed by atoms with Gasteiger partial charge in [-0.15, -0.1) is 0 Å². The summed E-state index contributed by atoms with van der Waals surface area (Å²) < 4.78 is 81.7. The predicted molar refractivity (Wildman–Crippen MR) is 108 cm³/mol. The Kier molecular flexibility index (Phi) is 6.98. The first kappa shape index (κ1) is 23.1. The van der Waals surface area contributed by atoms with E-state index in [9.17, 15) is 30.8 Å². The number of nitrogens with one attached hydrogen (secondary N) is 2. The van der Waals surface area contributed by atoms with Gasteiger partial charge in [-0.05, 0) is 60.2 Å². The quantitative estimate of drug-likeness (QED) is 0.483. The van der Waals surface area contributed by atoms with Gasteiger partial charge in [-0.1, -0.05) is 12.1 Å². The third-order valence-corrected chi connectivity index (χ3v) is 5.58.